The Morgan fingerprint density at radius 2 is 1.92 bits per heavy atom. The summed E-state index contributed by atoms with van der Waals surface area (Å²) in [5, 5.41) is 9.78. The van der Waals surface area contributed by atoms with Crippen LogP contribution in [-0.4, -0.2) is 44.9 Å². The van der Waals surface area contributed by atoms with Crippen molar-refractivity contribution >= 4 is 23.3 Å². The number of carbonyl (C=O) groups is 2. The van der Waals surface area contributed by atoms with E-state index in [0.29, 0.717) is 28.3 Å². The van der Waals surface area contributed by atoms with E-state index in [9.17, 15) is 22.8 Å². The van der Waals surface area contributed by atoms with Gasteiger partial charge in [0.05, 0.1) is 25.0 Å². The molecule has 0 saturated heterocycles. The second-order valence-corrected chi connectivity index (χ2v) is 7.92. The molecule has 37 heavy (non-hydrogen) atoms. The van der Waals surface area contributed by atoms with Gasteiger partial charge in [0.25, 0.3) is 5.91 Å². The molecule has 3 heterocycles. The average Bonchev–Trinajstić information content (AvgIpc) is 3.23. The van der Waals surface area contributed by atoms with Crippen LogP contribution in [-0.2, 0) is 4.79 Å². The van der Waals surface area contributed by atoms with E-state index in [1.807, 2.05) is 0 Å². The molecule has 0 fully saturated rings. The van der Waals surface area contributed by atoms with E-state index in [0.717, 1.165) is 0 Å². The van der Waals surface area contributed by atoms with Gasteiger partial charge in [-0.15, -0.1) is 13.2 Å². The molecule has 13 heteroatoms. The number of amides is 2. The van der Waals surface area contributed by atoms with Crippen molar-refractivity contribution in [3.05, 3.63) is 66.0 Å². The van der Waals surface area contributed by atoms with Gasteiger partial charge in [0.15, 0.2) is 11.5 Å². The highest BCUT2D eigenvalue weighted by atomic mass is 19.4. The highest BCUT2D eigenvalue weighted by molar-refractivity contribution is 5.97. The summed E-state index contributed by atoms with van der Waals surface area (Å²) in [6.45, 7) is 2.99. The molecule has 3 aromatic heterocycles. The zero-order valence-corrected chi connectivity index (χ0v) is 19.8. The summed E-state index contributed by atoms with van der Waals surface area (Å²) >= 11 is 0. The molecule has 4 rings (SSSR count). The molecule has 192 valence electrons. The third-order valence-corrected chi connectivity index (χ3v) is 5.15. The zero-order valence-electron chi connectivity index (χ0n) is 19.8. The van der Waals surface area contributed by atoms with Gasteiger partial charge in [0.1, 0.15) is 11.3 Å². The van der Waals surface area contributed by atoms with Crippen molar-refractivity contribution in [3.8, 4) is 22.9 Å². The fraction of sp³-hybridized carbons (Fsp3) is 0.208. The molecule has 2 amide bonds. The van der Waals surface area contributed by atoms with Crippen molar-refractivity contribution in [3.63, 3.8) is 0 Å². The van der Waals surface area contributed by atoms with Crippen LogP contribution in [0.3, 0.4) is 0 Å². The summed E-state index contributed by atoms with van der Waals surface area (Å²) in [4.78, 5) is 32.8. The van der Waals surface area contributed by atoms with E-state index in [1.165, 1.54) is 49.0 Å². The van der Waals surface area contributed by atoms with Crippen molar-refractivity contribution in [2.24, 2.45) is 0 Å². The molecule has 0 aliphatic heterocycles. The van der Waals surface area contributed by atoms with Crippen LogP contribution >= 0.6 is 0 Å². The molecule has 2 N–H and O–H groups in total. The number of methoxy groups -OCH3 is 1. The van der Waals surface area contributed by atoms with Crippen molar-refractivity contribution in [2.75, 3.05) is 12.4 Å². The van der Waals surface area contributed by atoms with E-state index in [4.69, 9.17) is 4.74 Å². The lowest BCUT2D eigenvalue weighted by atomic mass is 10.1. The predicted molar refractivity (Wildman–Crippen MR) is 126 cm³/mol. The third kappa shape index (κ3) is 6.12. The largest absolute Gasteiger partial charge is 0.573 e. The van der Waals surface area contributed by atoms with E-state index < -0.39 is 24.1 Å². The van der Waals surface area contributed by atoms with Gasteiger partial charge in [0.2, 0.25) is 11.8 Å². The fourth-order valence-electron chi connectivity index (χ4n) is 3.53. The number of fused-ring (bicyclic) bond motifs is 1. The van der Waals surface area contributed by atoms with E-state index >= 15 is 0 Å². The number of imidazole rings is 1. The van der Waals surface area contributed by atoms with Gasteiger partial charge in [-0.2, -0.15) is 5.10 Å². The van der Waals surface area contributed by atoms with Gasteiger partial charge in [-0.3, -0.25) is 9.59 Å². The van der Waals surface area contributed by atoms with Crippen LogP contribution in [0.2, 0.25) is 0 Å². The first-order valence-electron chi connectivity index (χ1n) is 10.9. The van der Waals surface area contributed by atoms with Gasteiger partial charge in [-0.1, -0.05) is 12.1 Å². The number of ether oxygens (including phenoxy) is 2. The van der Waals surface area contributed by atoms with Crippen molar-refractivity contribution in [1.29, 1.82) is 0 Å². The quantitative estimate of drug-likeness (QED) is 0.380. The van der Waals surface area contributed by atoms with Crippen molar-refractivity contribution in [2.45, 2.75) is 26.3 Å². The Morgan fingerprint density at radius 3 is 2.62 bits per heavy atom. The van der Waals surface area contributed by atoms with Crippen molar-refractivity contribution in [1.82, 2.24) is 24.9 Å². The van der Waals surface area contributed by atoms with Crippen molar-refractivity contribution < 1.29 is 32.2 Å². The van der Waals surface area contributed by atoms with E-state index in [1.54, 1.807) is 31.3 Å². The summed E-state index contributed by atoms with van der Waals surface area (Å²) in [7, 11) is 1.36. The number of rotatable bonds is 7. The van der Waals surface area contributed by atoms with Crippen LogP contribution in [0.15, 0.2) is 54.9 Å². The number of nitrogens with one attached hydrogen (secondary N) is 2. The molecule has 4 aromatic rings. The molecule has 0 spiro atoms. The summed E-state index contributed by atoms with van der Waals surface area (Å²) in [6.07, 6.45) is -1.80. The Labute approximate surface area is 208 Å². The lowest BCUT2D eigenvalue weighted by Crippen LogP contribution is -2.27. The third-order valence-electron chi connectivity index (χ3n) is 5.15. The minimum absolute atomic E-state index is 0.0549. The maximum absolute atomic E-state index is 13.1. The van der Waals surface area contributed by atoms with Crippen LogP contribution in [0.25, 0.3) is 16.9 Å². The van der Waals surface area contributed by atoms with Crippen LogP contribution in [0, 0.1) is 0 Å². The summed E-state index contributed by atoms with van der Waals surface area (Å²) in [5.41, 5.74) is 1.96. The Balaban J connectivity index is 1.58. The minimum Gasteiger partial charge on any atom is -0.480 e. The smallest absolute Gasteiger partial charge is 0.480 e. The summed E-state index contributed by atoms with van der Waals surface area (Å²) in [6, 6.07) is 9.59. The molecule has 0 aliphatic rings. The maximum Gasteiger partial charge on any atom is 0.573 e. The number of alkyl halides is 3. The zero-order chi connectivity index (χ0) is 26.7. The maximum atomic E-state index is 13.1. The Morgan fingerprint density at radius 1 is 1.14 bits per heavy atom. The molecule has 0 bridgehead atoms. The highest BCUT2D eigenvalue weighted by Crippen LogP contribution is 2.27. The first kappa shape index (κ1) is 25.4. The number of halogens is 3. The lowest BCUT2D eigenvalue weighted by molar-refractivity contribution is -0.274. The van der Waals surface area contributed by atoms with Crippen LogP contribution in [0.5, 0.6) is 11.6 Å². The van der Waals surface area contributed by atoms with Crippen LogP contribution < -0.4 is 20.1 Å². The molecule has 0 unspecified atom stereocenters. The van der Waals surface area contributed by atoms with E-state index in [2.05, 4.69) is 30.4 Å². The molecule has 0 aliphatic carbocycles. The number of pyridine rings is 1. The minimum atomic E-state index is -4.83. The van der Waals surface area contributed by atoms with Crippen LogP contribution in [0.1, 0.15) is 35.8 Å². The molecule has 0 saturated carbocycles. The average molecular weight is 514 g/mol. The van der Waals surface area contributed by atoms with Gasteiger partial charge in [-0.05, 0) is 42.8 Å². The molecular weight excluding hydrogens is 493 g/mol. The number of carbonyl (C=O) groups excluding carboxylic acids is 2. The topological polar surface area (TPSA) is 120 Å². The first-order valence-corrected chi connectivity index (χ1v) is 10.9. The summed E-state index contributed by atoms with van der Waals surface area (Å²) < 4.78 is 48.4. The van der Waals surface area contributed by atoms with Gasteiger partial charge < -0.3 is 20.1 Å². The highest BCUT2D eigenvalue weighted by Gasteiger charge is 2.31. The molecule has 1 atom stereocenters. The van der Waals surface area contributed by atoms with Gasteiger partial charge >= 0.3 is 6.36 Å². The number of anilines is 1. The standard InChI is InChI=1S/C24H21F3N6O4/c1-13(15-5-4-6-17(9-15)37-24(25,26)27)29-22(35)18-10-16(11-28-23(18)36-3)19-7-8-21-31-20(30-14(2)34)12-33(21)32-19/h4-13H,1-3H3,(H,29,35)(H,30,34)/t13-/m1/s1. The van der Waals surface area contributed by atoms with Gasteiger partial charge in [-0.25, -0.2) is 14.5 Å². The molecule has 0 radical (unpaired) electrons. The predicted octanol–water partition coefficient (Wildman–Crippen LogP) is 4.15. The number of hydrogen-bond acceptors (Lipinski definition) is 7. The monoisotopic (exact) mass is 514 g/mol. The lowest BCUT2D eigenvalue weighted by Gasteiger charge is -2.17. The summed E-state index contributed by atoms with van der Waals surface area (Å²) in [5.74, 6) is -0.831. The number of aromatic nitrogens is 4. The fourth-order valence-corrected chi connectivity index (χ4v) is 3.53. The Hall–Kier alpha value is -4.68. The second kappa shape index (κ2) is 10.1. The Kier molecular flexibility index (Phi) is 6.96. The Bertz CT molecular complexity index is 1470. The molecule has 10 nitrogen and oxygen atoms in total. The number of benzene rings is 1. The molecular formula is C24H21F3N6O4. The first-order chi connectivity index (χ1) is 17.5. The van der Waals surface area contributed by atoms with Crippen LogP contribution in [0.4, 0.5) is 19.0 Å². The van der Waals surface area contributed by atoms with E-state index in [-0.39, 0.29) is 17.4 Å². The molecule has 1 aromatic carbocycles. The second-order valence-electron chi connectivity index (χ2n) is 7.92. The number of nitrogens with zero attached hydrogens (tertiary/aromatic N) is 4. The number of hydrogen-bond donors (Lipinski definition) is 2. The normalized spacial score (nSPS) is 12.2. The van der Waals surface area contributed by atoms with Gasteiger partial charge in [0, 0.05) is 18.7 Å². The SMILES string of the molecule is COc1ncc(-c2ccc3nc(NC(C)=O)cn3n2)cc1C(=O)N[C@H](C)c1cccc(OC(F)(F)F)c1.